The minimum atomic E-state index is 0.326. The lowest BCUT2D eigenvalue weighted by atomic mass is 9.90. The van der Waals surface area contributed by atoms with Gasteiger partial charge in [0.15, 0.2) is 0 Å². The average molecular weight is 313 g/mol. The number of hydrogen-bond donors (Lipinski definition) is 0. The van der Waals surface area contributed by atoms with Gasteiger partial charge in [-0.1, -0.05) is 36.4 Å². The Morgan fingerprint density at radius 3 is 2.55 bits per heavy atom. The Labute approximate surface area is 136 Å². The smallest absolute Gasteiger partial charge is 0.222 e. The molecule has 1 aliphatic rings. The van der Waals surface area contributed by atoms with Crippen molar-refractivity contribution in [2.24, 2.45) is 5.92 Å². The Hall–Kier alpha value is -1.61. The maximum absolute atomic E-state index is 12.3. The first-order valence-corrected chi connectivity index (χ1v) is 9.03. The third-order valence-electron chi connectivity index (χ3n) is 4.50. The largest absolute Gasteiger partial charge is 0.343 e. The van der Waals surface area contributed by atoms with Crippen LogP contribution in [0.2, 0.25) is 0 Å². The molecule has 0 saturated carbocycles. The molecule has 0 radical (unpaired) electrons. The number of nitrogens with zero attached hydrogens (tertiary/aromatic N) is 1. The molecule has 1 aromatic heterocycles. The molecule has 1 saturated heterocycles. The maximum Gasteiger partial charge on any atom is 0.222 e. The summed E-state index contributed by atoms with van der Waals surface area (Å²) in [7, 11) is 0. The van der Waals surface area contributed by atoms with E-state index in [1.807, 2.05) is 0 Å². The highest BCUT2D eigenvalue weighted by Crippen LogP contribution is 2.22. The third kappa shape index (κ3) is 4.20. The SMILES string of the molecule is O=C(CCc1cccs1)N1CCC(Cc2ccccc2)CC1. The van der Waals surface area contributed by atoms with E-state index < -0.39 is 0 Å². The van der Waals surface area contributed by atoms with Crippen molar-refractivity contribution in [3.8, 4) is 0 Å². The van der Waals surface area contributed by atoms with E-state index in [2.05, 4.69) is 52.7 Å². The summed E-state index contributed by atoms with van der Waals surface area (Å²) in [4.78, 5) is 15.7. The quantitative estimate of drug-likeness (QED) is 0.811. The van der Waals surface area contributed by atoms with E-state index in [-0.39, 0.29) is 0 Å². The summed E-state index contributed by atoms with van der Waals surface area (Å²) in [5.41, 5.74) is 1.42. The van der Waals surface area contributed by atoms with Crippen LogP contribution >= 0.6 is 11.3 Å². The number of carbonyl (C=O) groups is 1. The zero-order valence-electron chi connectivity index (χ0n) is 12.9. The molecular weight excluding hydrogens is 290 g/mol. The van der Waals surface area contributed by atoms with Gasteiger partial charge < -0.3 is 4.90 Å². The van der Waals surface area contributed by atoms with E-state index >= 15 is 0 Å². The van der Waals surface area contributed by atoms with Crippen molar-refractivity contribution in [2.45, 2.75) is 32.1 Å². The number of amides is 1. The number of piperidine rings is 1. The van der Waals surface area contributed by atoms with Crippen LogP contribution in [-0.4, -0.2) is 23.9 Å². The summed E-state index contributed by atoms with van der Waals surface area (Å²) in [5, 5.41) is 2.08. The number of carbonyl (C=O) groups excluding carboxylic acids is 1. The summed E-state index contributed by atoms with van der Waals surface area (Å²) in [6, 6.07) is 14.9. The number of rotatable bonds is 5. The van der Waals surface area contributed by atoms with E-state index in [4.69, 9.17) is 0 Å². The average Bonchev–Trinajstić information content (AvgIpc) is 3.08. The minimum Gasteiger partial charge on any atom is -0.343 e. The fraction of sp³-hybridized carbons (Fsp3) is 0.421. The Kier molecular flexibility index (Phi) is 5.28. The lowest BCUT2D eigenvalue weighted by Crippen LogP contribution is -2.39. The van der Waals surface area contributed by atoms with E-state index in [9.17, 15) is 4.79 Å². The van der Waals surface area contributed by atoms with Crippen LogP contribution in [0.4, 0.5) is 0 Å². The Morgan fingerprint density at radius 1 is 1.09 bits per heavy atom. The van der Waals surface area contributed by atoms with Crippen LogP contribution in [0.15, 0.2) is 47.8 Å². The van der Waals surface area contributed by atoms with Crippen LogP contribution in [0.25, 0.3) is 0 Å². The molecule has 1 aromatic carbocycles. The number of benzene rings is 1. The van der Waals surface area contributed by atoms with Gasteiger partial charge in [0.2, 0.25) is 5.91 Å². The Bertz CT molecular complexity index is 571. The predicted molar refractivity (Wildman–Crippen MR) is 92.1 cm³/mol. The van der Waals surface area contributed by atoms with Crippen molar-refractivity contribution in [2.75, 3.05) is 13.1 Å². The molecule has 22 heavy (non-hydrogen) atoms. The molecular formula is C19H23NOS. The normalized spacial score (nSPS) is 15.9. The molecule has 3 heteroatoms. The monoisotopic (exact) mass is 313 g/mol. The van der Waals surface area contributed by atoms with Crippen LogP contribution in [0.1, 0.15) is 29.7 Å². The van der Waals surface area contributed by atoms with Crippen LogP contribution < -0.4 is 0 Å². The molecule has 116 valence electrons. The summed E-state index contributed by atoms with van der Waals surface area (Å²) in [5.74, 6) is 1.05. The summed E-state index contributed by atoms with van der Waals surface area (Å²) in [6.45, 7) is 1.86. The fourth-order valence-corrected chi connectivity index (χ4v) is 3.89. The molecule has 2 aromatic rings. The number of thiophene rings is 1. The van der Waals surface area contributed by atoms with Gasteiger partial charge in [0.05, 0.1) is 0 Å². The van der Waals surface area contributed by atoms with Gasteiger partial charge in [-0.05, 0) is 48.6 Å². The molecule has 0 bridgehead atoms. The van der Waals surface area contributed by atoms with Crippen LogP contribution in [-0.2, 0) is 17.6 Å². The van der Waals surface area contributed by atoms with E-state index in [1.54, 1.807) is 11.3 Å². The second-order valence-electron chi connectivity index (χ2n) is 6.09. The summed E-state index contributed by atoms with van der Waals surface area (Å²) >= 11 is 1.74. The van der Waals surface area contributed by atoms with E-state index in [0.29, 0.717) is 12.3 Å². The zero-order chi connectivity index (χ0) is 15.2. The van der Waals surface area contributed by atoms with Crippen molar-refractivity contribution in [1.29, 1.82) is 0 Å². The van der Waals surface area contributed by atoms with Crippen molar-refractivity contribution in [1.82, 2.24) is 4.90 Å². The van der Waals surface area contributed by atoms with Gasteiger partial charge in [-0.2, -0.15) is 0 Å². The zero-order valence-corrected chi connectivity index (χ0v) is 13.7. The van der Waals surface area contributed by atoms with Gasteiger partial charge in [-0.3, -0.25) is 4.79 Å². The van der Waals surface area contributed by atoms with Gasteiger partial charge in [0, 0.05) is 24.4 Å². The van der Waals surface area contributed by atoms with Gasteiger partial charge in [-0.25, -0.2) is 0 Å². The molecule has 1 fully saturated rings. The highest BCUT2D eigenvalue weighted by molar-refractivity contribution is 7.09. The first-order chi connectivity index (χ1) is 10.8. The van der Waals surface area contributed by atoms with Gasteiger partial charge >= 0.3 is 0 Å². The molecule has 2 nitrogen and oxygen atoms in total. The highest BCUT2D eigenvalue weighted by Gasteiger charge is 2.22. The van der Waals surface area contributed by atoms with Gasteiger partial charge in [-0.15, -0.1) is 11.3 Å². The fourth-order valence-electron chi connectivity index (χ4n) is 3.18. The van der Waals surface area contributed by atoms with E-state index in [1.165, 1.54) is 10.4 Å². The van der Waals surface area contributed by atoms with Crippen molar-refractivity contribution >= 4 is 17.2 Å². The Morgan fingerprint density at radius 2 is 1.86 bits per heavy atom. The van der Waals surface area contributed by atoms with Gasteiger partial charge in [0.1, 0.15) is 0 Å². The van der Waals surface area contributed by atoms with Crippen LogP contribution in [0.5, 0.6) is 0 Å². The highest BCUT2D eigenvalue weighted by atomic mass is 32.1. The lowest BCUT2D eigenvalue weighted by Gasteiger charge is -2.32. The molecule has 3 rings (SSSR count). The maximum atomic E-state index is 12.3. The second kappa shape index (κ2) is 7.59. The third-order valence-corrected chi connectivity index (χ3v) is 5.44. The van der Waals surface area contributed by atoms with Crippen LogP contribution in [0.3, 0.4) is 0 Å². The molecule has 0 unspecified atom stereocenters. The molecule has 2 heterocycles. The Balaban J connectivity index is 1.42. The topological polar surface area (TPSA) is 20.3 Å². The lowest BCUT2D eigenvalue weighted by molar-refractivity contribution is -0.132. The van der Waals surface area contributed by atoms with Crippen molar-refractivity contribution in [3.05, 3.63) is 58.3 Å². The summed E-state index contributed by atoms with van der Waals surface area (Å²) in [6.07, 6.45) is 4.97. The molecule has 0 spiro atoms. The number of hydrogen-bond acceptors (Lipinski definition) is 2. The second-order valence-corrected chi connectivity index (χ2v) is 7.13. The van der Waals surface area contributed by atoms with Crippen molar-refractivity contribution in [3.63, 3.8) is 0 Å². The standard InChI is InChI=1S/C19H23NOS/c21-19(9-8-18-7-4-14-22-18)20-12-10-17(11-13-20)15-16-5-2-1-3-6-16/h1-7,14,17H,8-13,15H2. The summed E-state index contributed by atoms with van der Waals surface area (Å²) < 4.78 is 0. The van der Waals surface area contributed by atoms with E-state index in [0.717, 1.165) is 44.7 Å². The number of aryl methyl sites for hydroxylation is 1. The molecule has 0 aliphatic carbocycles. The molecule has 0 atom stereocenters. The first-order valence-electron chi connectivity index (χ1n) is 8.15. The van der Waals surface area contributed by atoms with Crippen LogP contribution in [0, 0.1) is 5.92 Å². The molecule has 1 aliphatic heterocycles. The first kappa shape index (κ1) is 15.3. The van der Waals surface area contributed by atoms with Crippen molar-refractivity contribution < 1.29 is 4.79 Å². The minimum absolute atomic E-state index is 0.326. The predicted octanol–water partition coefficient (Wildman–Crippen LogP) is 4.16. The van der Waals surface area contributed by atoms with Gasteiger partial charge in [0.25, 0.3) is 0 Å². The molecule has 1 amide bonds. The molecule has 0 N–H and O–H groups in total. The number of likely N-dealkylation sites (tertiary alicyclic amines) is 1.